The zero-order valence-corrected chi connectivity index (χ0v) is 8.97. The smallest absolute Gasteiger partial charge is 0.133 e. The summed E-state index contributed by atoms with van der Waals surface area (Å²) in [5, 5.41) is 11.0. The van der Waals surface area contributed by atoms with Crippen LogP contribution < -0.4 is 0 Å². The summed E-state index contributed by atoms with van der Waals surface area (Å²) in [5.74, 6) is 0.191. The van der Waals surface area contributed by atoms with Crippen LogP contribution in [0, 0.1) is 0 Å². The van der Waals surface area contributed by atoms with Gasteiger partial charge < -0.3 is 5.11 Å². The van der Waals surface area contributed by atoms with Gasteiger partial charge in [-0.05, 0) is 39.5 Å². The summed E-state index contributed by atoms with van der Waals surface area (Å²) in [6, 6.07) is 5.41. The van der Waals surface area contributed by atoms with Gasteiger partial charge in [-0.3, -0.25) is 4.98 Å². The van der Waals surface area contributed by atoms with E-state index in [1.54, 1.807) is 23.5 Å². The Morgan fingerprint density at radius 3 is 2.69 bits per heavy atom. The molecule has 66 valence electrons. The van der Waals surface area contributed by atoms with Crippen molar-refractivity contribution in [2.24, 2.45) is 0 Å². The molecule has 0 saturated heterocycles. The van der Waals surface area contributed by atoms with Crippen molar-refractivity contribution >= 4 is 27.3 Å². The highest BCUT2D eigenvalue weighted by Crippen LogP contribution is 2.32. The summed E-state index contributed by atoms with van der Waals surface area (Å²) in [5.41, 5.74) is 0.875. The standard InChI is InChI=1S/C9H6BrNOS/c10-7-3-4-13-9(7)8-2-1-6(12)5-11-8/h1-5,12H. The van der Waals surface area contributed by atoms with Crippen LogP contribution in [0.4, 0.5) is 0 Å². The van der Waals surface area contributed by atoms with Crippen molar-refractivity contribution in [3.05, 3.63) is 34.2 Å². The van der Waals surface area contributed by atoms with Crippen LogP contribution in [0.1, 0.15) is 0 Å². The van der Waals surface area contributed by atoms with Gasteiger partial charge in [0, 0.05) is 4.47 Å². The predicted molar refractivity (Wildman–Crippen MR) is 56.9 cm³/mol. The second kappa shape index (κ2) is 3.47. The first kappa shape index (κ1) is 8.72. The molecule has 4 heteroatoms. The lowest BCUT2D eigenvalue weighted by atomic mass is 10.3. The van der Waals surface area contributed by atoms with Crippen LogP contribution in [0.25, 0.3) is 10.6 Å². The maximum absolute atomic E-state index is 9.05. The van der Waals surface area contributed by atoms with Crippen molar-refractivity contribution in [2.45, 2.75) is 0 Å². The third-order valence-electron chi connectivity index (χ3n) is 1.60. The number of halogens is 1. The Kier molecular flexibility index (Phi) is 2.33. The van der Waals surface area contributed by atoms with Crippen molar-refractivity contribution in [3.8, 4) is 16.3 Å². The fourth-order valence-corrected chi connectivity index (χ4v) is 2.55. The quantitative estimate of drug-likeness (QED) is 0.849. The molecule has 2 heterocycles. The second-order valence-corrected chi connectivity index (χ2v) is 4.27. The number of aromatic nitrogens is 1. The van der Waals surface area contributed by atoms with Crippen molar-refractivity contribution in [2.75, 3.05) is 0 Å². The molecule has 0 aliphatic carbocycles. The number of aromatic hydroxyl groups is 1. The third kappa shape index (κ3) is 1.73. The Labute approximate surface area is 88.0 Å². The lowest BCUT2D eigenvalue weighted by molar-refractivity contribution is 0.473. The molecule has 0 aromatic carbocycles. The van der Waals surface area contributed by atoms with Gasteiger partial charge in [-0.25, -0.2) is 0 Å². The Morgan fingerprint density at radius 1 is 1.31 bits per heavy atom. The van der Waals surface area contributed by atoms with Crippen LogP contribution in [-0.4, -0.2) is 10.1 Å². The summed E-state index contributed by atoms with van der Waals surface area (Å²) >= 11 is 5.05. The molecule has 0 spiro atoms. The highest BCUT2D eigenvalue weighted by atomic mass is 79.9. The van der Waals surface area contributed by atoms with E-state index in [9.17, 15) is 0 Å². The third-order valence-corrected chi connectivity index (χ3v) is 3.46. The highest BCUT2D eigenvalue weighted by molar-refractivity contribution is 9.10. The van der Waals surface area contributed by atoms with Gasteiger partial charge in [0.2, 0.25) is 0 Å². The fourth-order valence-electron chi connectivity index (χ4n) is 0.997. The molecular formula is C9H6BrNOS. The maximum atomic E-state index is 9.05. The van der Waals surface area contributed by atoms with E-state index in [-0.39, 0.29) is 5.75 Å². The van der Waals surface area contributed by atoms with E-state index in [0.29, 0.717) is 0 Å². The molecule has 2 aromatic heterocycles. The molecule has 1 N–H and O–H groups in total. The van der Waals surface area contributed by atoms with E-state index in [0.717, 1.165) is 15.0 Å². The van der Waals surface area contributed by atoms with Crippen LogP contribution in [-0.2, 0) is 0 Å². The van der Waals surface area contributed by atoms with Crippen LogP contribution in [0.5, 0.6) is 5.75 Å². The summed E-state index contributed by atoms with van der Waals surface area (Å²) in [6.45, 7) is 0. The molecule has 0 amide bonds. The zero-order chi connectivity index (χ0) is 9.26. The zero-order valence-electron chi connectivity index (χ0n) is 6.57. The minimum atomic E-state index is 0.191. The van der Waals surface area contributed by atoms with Gasteiger partial charge in [0.25, 0.3) is 0 Å². The molecule has 0 saturated carbocycles. The minimum absolute atomic E-state index is 0.191. The molecule has 2 nitrogen and oxygen atoms in total. The molecule has 0 bridgehead atoms. The molecule has 0 aliphatic heterocycles. The van der Waals surface area contributed by atoms with Crippen LogP contribution in [0.15, 0.2) is 34.2 Å². The molecular weight excluding hydrogens is 250 g/mol. The summed E-state index contributed by atoms with van der Waals surface area (Å²) in [6.07, 6.45) is 1.45. The summed E-state index contributed by atoms with van der Waals surface area (Å²) < 4.78 is 1.04. The topological polar surface area (TPSA) is 33.1 Å². The monoisotopic (exact) mass is 255 g/mol. The fraction of sp³-hybridized carbons (Fsp3) is 0. The van der Waals surface area contributed by atoms with Crippen molar-refractivity contribution in [3.63, 3.8) is 0 Å². The van der Waals surface area contributed by atoms with E-state index < -0.39 is 0 Å². The summed E-state index contributed by atoms with van der Waals surface area (Å²) in [7, 11) is 0. The van der Waals surface area contributed by atoms with Crippen molar-refractivity contribution < 1.29 is 5.11 Å². The first-order chi connectivity index (χ1) is 6.27. The molecule has 0 unspecified atom stereocenters. The number of thiophene rings is 1. The number of pyridine rings is 1. The Hall–Kier alpha value is -0.870. The Morgan fingerprint density at radius 2 is 2.15 bits per heavy atom. The number of hydrogen-bond donors (Lipinski definition) is 1. The van der Waals surface area contributed by atoms with Gasteiger partial charge in [0.05, 0.1) is 16.8 Å². The second-order valence-electron chi connectivity index (χ2n) is 2.50. The van der Waals surface area contributed by atoms with Crippen LogP contribution in [0.3, 0.4) is 0 Å². The molecule has 13 heavy (non-hydrogen) atoms. The number of hydrogen-bond acceptors (Lipinski definition) is 3. The van der Waals surface area contributed by atoms with Crippen LogP contribution in [0.2, 0.25) is 0 Å². The van der Waals surface area contributed by atoms with Gasteiger partial charge in [0.1, 0.15) is 5.75 Å². The lowest BCUT2D eigenvalue weighted by Gasteiger charge is -1.97. The van der Waals surface area contributed by atoms with E-state index in [4.69, 9.17) is 5.11 Å². The Bertz CT molecular complexity index is 410. The minimum Gasteiger partial charge on any atom is -0.506 e. The molecule has 2 rings (SSSR count). The van der Waals surface area contributed by atoms with Crippen LogP contribution >= 0.6 is 27.3 Å². The van der Waals surface area contributed by atoms with Gasteiger partial charge in [-0.1, -0.05) is 0 Å². The molecule has 2 aromatic rings. The SMILES string of the molecule is Oc1ccc(-c2sccc2Br)nc1. The maximum Gasteiger partial charge on any atom is 0.133 e. The highest BCUT2D eigenvalue weighted by Gasteiger charge is 2.04. The summed E-state index contributed by atoms with van der Waals surface area (Å²) in [4.78, 5) is 5.20. The Balaban J connectivity index is 2.47. The van der Waals surface area contributed by atoms with Gasteiger partial charge in [0.15, 0.2) is 0 Å². The number of rotatable bonds is 1. The molecule has 0 fully saturated rings. The normalized spacial score (nSPS) is 10.2. The predicted octanol–water partition coefficient (Wildman–Crippen LogP) is 3.28. The first-order valence-electron chi connectivity index (χ1n) is 3.66. The molecule has 0 aliphatic rings. The van der Waals surface area contributed by atoms with Gasteiger partial charge in [-0.2, -0.15) is 0 Å². The van der Waals surface area contributed by atoms with Crippen molar-refractivity contribution in [1.29, 1.82) is 0 Å². The average Bonchev–Trinajstić information content (AvgIpc) is 2.53. The lowest BCUT2D eigenvalue weighted by Crippen LogP contribution is -1.78. The van der Waals surface area contributed by atoms with E-state index in [2.05, 4.69) is 20.9 Å². The first-order valence-corrected chi connectivity index (χ1v) is 5.33. The molecule has 0 radical (unpaired) electrons. The van der Waals surface area contributed by atoms with Gasteiger partial charge in [-0.15, -0.1) is 11.3 Å². The number of nitrogens with zero attached hydrogens (tertiary/aromatic N) is 1. The molecule has 0 atom stereocenters. The average molecular weight is 256 g/mol. The van der Waals surface area contributed by atoms with E-state index in [1.165, 1.54) is 6.20 Å². The van der Waals surface area contributed by atoms with E-state index >= 15 is 0 Å². The van der Waals surface area contributed by atoms with Crippen molar-refractivity contribution in [1.82, 2.24) is 4.98 Å². The largest absolute Gasteiger partial charge is 0.506 e. The van der Waals surface area contributed by atoms with E-state index in [1.807, 2.05) is 11.4 Å². The van der Waals surface area contributed by atoms with Gasteiger partial charge >= 0.3 is 0 Å².